The van der Waals surface area contributed by atoms with Gasteiger partial charge in [-0.3, -0.25) is 9.59 Å². The molecule has 1 unspecified atom stereocenters. The summed E-state index contributed by atoms with van der Waals surface area (Å²) in [6, 6.07) is 2.06. The van der Waals surface area contributed by atoms with Crippen molar-refractivity contribution in [3.8, 4) is 0 Å². The van der Waals surface area contributed by atoms with E-state index in [2.05, 4.69) is 11.4 Å². The van der Waals surface area contributed by atoms with Gasteiger partial charge in [0.2, 0.25) is 5.91 Å². The van der Waals surface area contributed by atoms with Crippen LogP contribution in [0.4, 0.5) is 0 Å². The molecule has 1 aliphatic carbocycles. The van der Waals surface area contributed by atoms with Gasteiger partial charge in [-0.1, -0.05) is 0 Å². The minimum absolute atomic E-state index is 0. The number of halogens is 1. The number of nitrogens with two attached hydrogens (primary N) is 1. The van der Waals surface area contributed by atoms with E-state index in [0.29, 0.717) is 19.6 Å². The molecule has 1 aromatic heterocycles. The predicted molar refractivity (Wildman–Crippen MR) is 94.3 cm³/mol. The third-order valence-electron chi connectivity index (χ3n) is 4.48. The fourth-order valence-corrected chi connectivity index (χ4v) is 4.53. The van der Waals surface area contributed by atoms with Crippen LogP contribution >= 0.6 is 23.7 Å². The summed E-state index contributed by atoms with van der Waals surface area (Å²) in [7, 11) is 0. The second kappa shape index (κ2) is 8.13. The maximum Gasteiger partial charge on any atom is 0.263 e. The molecule has 1 saturated heterocycles. The smallest absolute Gasteiger partial charge is 0.263 e. The van der Waals surface area contributed by atoms with E-state index in [4.69, 9.17) is 5.73 Å². The Labute approximate surface area is 147 Å². The summed E-state index contributed by atoms with van der Waals surface area (Å²) in [6.07, 6.45) is 5.15. The number of amides is 2. The molecule has 0 aromatic carbocycles. The molecule has 2 heterocycles. The lowest BCUT2D eigenvalue weighted by Gasteiger charge is -2.31. The van der Waals surface area contributed by atoms with Crippen LogP contribution in [-0.2, 0) is 17.6 Å². The highest BCUT2D eigenvalue weighted by Crippen LogP contribution is 2.32. The molecule has 0 spiro atoms. The van der Waals surface area contributed by atoms with E-state index in [1.807, 2.05) is 4.90 Å². The molecule has 1 fully saturated rings. The largest absolute Gasteiger partial charge is 0.355 e. The van der Waals surface area contributed by atoms with Crippen molar-refractivity contribution in [2.75, 3.05) is 26.2 Å². The van der Waals surface area contributed by atoms with Crippen molar-refractivity contribution >= 4 is 35.6 Å². The molecule has 0 radical (unpaired) electrons. The quantitative estimate of drug-likeness (QED) is 0.859. The van der Waals surface area contributed by atoms with Gasteiger partial charge in [0.15, 0.2) is 0 Å². The molecule has 2 aliphatic rings. The lowest BCUT2D eigenvalue weighted by Crippen LogP contribution is -2.46. The summed E-state index contributed by atoms with van der Waals surface area (Å²) in [5, 5.41) is 2.83. The Morgan fingerprint density at radius 2 is 2.17 bits per heavy atom. The summed E-state index contributed by atoms with van der Waals surface area (Å²) < 4.78 is 0. The first-order valence-electron chi connectivity index (χ1n) is 8.07. The summed E-state index contributed by atoms with van der Waals surface area (Å²) >= 11 is 1.64. The molecule has 7 heteroatoms. The molecule has 1 atom stereocenters. The monoisotopic (exact) mass is 357 g/mol. The topological polar surface area (TPSA) is 75.4 Å². The van der Waals surface area contributed by atoms with Gasteiger partial charge in [0, 0.05) is 31.1 Å². The van der Waals surface area contributed by atoms with E-state index in [1.54, 1.807) is 11.3 Å². The van der Waals surface area contributed by atoms with Crippen LogP contribution in [-0.4, -0.2) is 42.9 Å². The number of hydrogen-bond acceptors (Lipinski definition) is 4. The Kier molecular flexibility index (Phi) is 6.44. The molecule has 2 amide bonds. The van der Waals surface area contributed by atoms with E-state index >= 15 is 0 Å². The number of rotatable bonds is 4. The predicted octanol–water partition coefficient (Wildman–Crippen LogP) is 1.59. The van der Waals surface area contributed by atoms with Crippen LogP contribution in [0.3, 0.4) is 0 Å². The SMILES string of the molecule is Cl.NCCNC(=O)C1CCCN(C(=O)c2cc3c(s2)CCC3)C1. The standard InChI is InChI=1S/C16H23N3O2S.ClH/c17-6-7-18-15(20)12-4-2-8-19(10-12)16(21)14-9-11-3-1-5-13(11)22-14;/h9,12H,1-8,10,17H2,(H,18,20);1H. The Hall–Kier alpha value is -1.11. The molecule has 128 valence electrons. The fourth-order valence-electron chi connectivity index (χ4n) is 3.31. The van der Waals surface area contributed by atoms with Crippen LogP contribution in [0.25, 0.3) is 0 Å². The van der Waals surface area contributed by atoms with Gasteiger partial charge < -0.3 is 16.0 Å². The zero-order chi connectivity index (χ0) is 15.5. The second-order valence-corrected chi connectivity index (χ2v) is 7.22. The van der Waals surface area contributed by atoms with Crippen molar-refractivity contribution in [2.45, 2.75) is 32.1 Å². The van der Waals surface area contributed by atoms with Crippen LogP contribution in [0.5, 0.6) is 0 Å². The number of likely N-dealkylation sites (tertiary alicyclic amines) is 1. The number of nitrogens with one attached hydrogen (secondary N) is 1. The minimum atomic E-state index is -0.101. The third-order valence-corrected chi connectivity index (χ3v) is 5.71. The van der Waals surface area contributed by atoms with Gasteiger partial charge in [-0.15, -0.1) is 23.7 Å². The lowest BCUT2D eigenvalue weighted by atomic mass is 9.97. The van der Waals surface area contributed by atoms with Gasteiger partial charge in [-0.25, -0.2) is 0 Å². The van der Waals surface area contributed by atoms with E-state index in [0.717, 1.165) is 37.1 Å². The van der Waals surface area contributed by atoms with Crippen LogP contribution in [0.2, 0.25) is 0 Å². The number of piperidine rings is 1. The zero-order valence-electron chi connectivity index (χ0n) is 13.2. The summed E-state index contributed by atoms with van der Waals surface area (Å²) in [5.74, 6) is 0.0170. The normalized spacial score (nSPS) is 19.9. The van der Waals surface area contributed by atoms with Gasteiger partial charge >= 0.3 is 0 Å². The number of fused-ring (bicyclic) bond motifs is 1. The van der Waals surface area contributed by atoms with Crippen LogP contribution in [0, 0.1) is 5.92 Å². The highest BCUT2D eigenvalue weighted by molar-refractivity contribution is 7.14. The van der Waals surface area contributed by atoms with E-state index in [9.17, 15) is 9.59 Å². The van der Waals surface area contributed by atoms with Gasteiger partial charge in [0.25, 0.3) is 5.91 Å². The van der Waals surface area contributed by atoms with E-state index in [-0.39, 0.29) is 30.1 Å². The van der Waals surface area contributed by atoms with Crippen molar-refractivity contribution in [2.24, 2.45) is 11.7 Å². The number of hydrogen-bond donors (Lipinski definition) is 2. The molecule has 1 aliphatic heterocycles. The number of aryl methyl sites for hydroxylation is 2. The average Bonchev–Trinajstić information content (AvgIpc) is 3.13. The fraction of sp³-hybridized carbons (Fsp3) is 0.625. The first kappa shape index (κ1) is 18.2. The van der Waals surface area contributed by atoms with Gasteiger partial charge in [-0.2, -0.15) is 0 Å². The lowest BCUT2D eigenvalue weighted by molar-refractivity contribution is -0.126. The first-order valence-corrected chi connectivity index (χ1v) is 8.89. The first-order chi connectivity index (χ1) is 10.7. The molecule has 23 heavy (non-hydrogen) atoms. The number of carbonyl (C=O) groups is 2. The van der Waals surface area contributed by atoms with Gasteiger partial charge in [0.05, 0.1) is 10.8 Å². The molecule has 1 aromatic rings. The Morgan fingerprint density at radius 3 is 2.91 bits per heavy atom. The van der Waals surface area contributed by atoms with Crippen LogP contribution in [0.15, 0.2) is 6.07 Å². The summed E-state index contributed by atoms with van der Waals surface area (Å²) in [5.41, 5.74) is 6.76. The summed E-state index contributed by atoms with van der Waals surface area (Å²) in [6.45, 7) is 2.22. The number of carbonyl (C=O) groups excluding carboxylic acids is 2. The molecule has 0 saturated carbocycles. The average molecular weight is 358 g/mol. The third kappa shape index (κ3) is 4.05. The molecule has 5 nitrogen and oxygen atoms in total. The molecule has 3 N–H and O–H groups in total. The van der Waals surface area contributed by atoms with Crippen molar-refractivity contribution in [3.63, 3.8) is 0 Å². The zero-order valence-corrected chi connectivity index (χ0v) is 14.8. The van der Waals surface area contributed by atoms with Crippen molar-refractivity contribution in [3.05, 3.63) is 21.4 Å². The number of thiophene rings is 1. The van der Waals surface area contributed by atoms with Crippen LogP contribution in [0.1, 0.15) is 39.4 Å². The maximum absolute atomic E-state index is 12.7. The Bertz CT molecular complexity index is 554. The number of nitrogens with zero attached hydrogens (tertiary/aromatic N) is 1. The molecule has 3 rings (SSSR count). The van der Waals surface area contributed by atoms with Crippen molar-refractivity contribution in [1.82, 2.24) is 10.2 Å². The second-order valence-electron chi connectivity index (χ2n) is 6.08. The van der Waals surface area contributed by atoms with Crippen molar-refractivity contribution < 1.29 is 9.59 Å². The van der Waals surface area contributed by atoms with Gasteiger partial charge in [-0.05, 0) is 43.7 Å². The van der Waals surface area contributed by atoms with Gasteiger partial charge in [0.1, 0.15) is 0 Å². The molecule has 0 bridgehead atoms. The maximum atomic E-state index is 12.7. The molecular weight excluding hydrogens is 334 g/mol. The highest BCUT2D eigenvalue weighted by atomic mass is 35.5. The van der Waals surface area contributed by atoms with E-state index < -0.39 is 0 Å². The van der Waals surface area contributed by atoms with Crippen LogP contribution < -0.4 is 11.1 Å². The Balaban J connectivity index is 0.00000192. The highest BCUT2D eigenvalue weighted by Gasteiger charge is 2.30. The Morgan fingerprint density at radius 1 is 1.35 bits per heavy atom. The molecular formula is C16H24ClN3O2S. The van der Waals surface area contributed by atoms with Crippen molar-refractivity contribution in [1.29, 1.82) is 0 Å². The van der Waals surface area contributed by atoms with E-state index in [1.165, 1.54) is 16.9 Å². The minimum Gasteiger partial charge on any atom is -0.355 e. The summed E-state index contributed by atoms with van der Waals surface area (Å²) in [4.78, 5) is 28.8.